The van der Waals surface area contributed by atoms with Crippen molar-refractivity contribution >= 4 is 17.6 Å². The van der Waals surface area contributed by atoms with Crippen LogP contribution in [0, 0.1) is 13.8 Å². The molecule has 0 bridgehead atoms. The smallest absolute Gasteiger partial charge is 0.336 e. The van der Waals surface area contributed by atoms with Gasteiger partial charge in [-0.1, -0.05) is 12.1 Å². The largest absolute Gasteiger partial charge is 0.493 e. The third-order valence-electron chi connectivity index (χ3n) is 5.86. The van der Waals surface area contributed by atoms with Crippen LogP contribution in [-0.2, 0) is 19.1 Å². The molecule has 1 aliphatic heterocycles. The first-order valence-corrected chi connectivity index (χ1v) is 11.7. The van der Waals surface area contributed by atoms with Crippen molar-refractivity contribution in [3.8, 4) is 17.2 Å². The van der Waals surface area contributed by atoms with Crippen molar-refractivity contribution in [3.05, 3.63) is 70.6 Å². The van der Waals surface area contributed by atoms with Gasteiger partial charge in [-0.15, -0.1) is 0 Å². The minimum atomic E-state index is -0.793. The van der Waals surface area contributed by atoms with Crippen LogP contribution in [0.2, 0.25) is 0 Å². The molecule has 0 radical (unpaired) electrons. The van der Waals surface area contributed by atoms with E-state index >= 15 is 0 Å². The van der Waals surface area contributed by atoms with Crippen LogP contribution in [-0.4, -0.2) is 46.5 Å². The van der Waals surface area contributed by atoms with Gasteiger partial charge in [0.25, 0.3) is 0 Å². The first-order chi connectivity index (χ1) is 17.3. The van der Waals surface area contributed by atoms with Crippen LogP contribution >= 0.6 is 0 Å². The zero-order valence-electron chi connectivity index (χ0n) is 21.8. The van der Waals surface area contributed by atoms with E-state index in [0.29, 0.717) is 22.8 Å². The summed E-state index contributed by atoms with van der Waals surface area (Å²) in [5.74, 6) is -0.675. The molecule has 8 heteroatoms. The molecule has 8 nitrogen and oxygen atoms in total. The van der Waals surface area contributed by atoms with Crippen molar-refractivity contribution in [2.24, 2.45) is 0 Å². The highest BCUT2D eigenvalue weighted by Crippen LogP contribution is 2.45. The number of methoxy groups -OCH3 is 3. The summed E-state index contributed by atoms with van der Waals surface area (Å²) in [4.78, 5) is 28.3. The minimum absolute atomic E-state index is 0.181. The average Bonchev–Trinajstić information content (AvgIpc) is 2.88. The summed E-state index contributed by atoms with van der Waals surface area (Å²) >= 11 is 0. The molecule has 2 aromatic carbocycles. The second kappa shape index (κ2) is 11.7. The molecule has 192 valence electrons. The molecule has 0 unspecified atom stereocenters. The number of carbonyl (C=O) groups excluding carboxylic acids is 2. The molecule has 0 fully saturated rings. The molecule has 0 aromatic heterocycles. The van der Waals surface area contributed by atoms with Crippen LogP contribution < -0.4 is 19.1 Å². The topological polar surface area (TPSA) is 83.5 Å². The molecule has 0 N–H and O–H groups in total. The van der Waals surface area contributed by atoms with Crippen LogP contribution in [0.5, 0.6) is 17.2 Å². The number of benzene rings is 2. The van der Waals surface area contributed by atoms with E-state index in [4.69, 9.17) is 23.7 Å². The number of aryl methyl sites for hydroxylation is 2. The average molecular weight is 496 g/mol. The lowest BCUT2D eigenvalue weighted by molar-refractivity contribution is -0.139. The summed E-state index contributed by atoms with van der Waals surface area (Å²) < 4.78 is 27.3. The number of carbonyl (C=O) groups is 2. The zero-order chi connectivity index (χ0) is 26.4. The van der Waals surface area contributed by atoms with E-state index in [1.807, 2.05) is 32.0 Å². The molecule has 3 rings (SSSR count). The van der Waals surface area contributed by atoms with Gasteiger partial charge in [0.05, 0.1) is 51.6 Å². The van der Waals surface area contributed by atoms with Gasteiger partial charge in [-0.2, -0.15) is 0 Å². The van der Waals surface area contributed by atoms with E-state index in [-0.39, 0.29) is 24.4 Å². The predicted octanol–water partition coefficient (Wildman–Crippen LogP) is 4.83. The predicted molar refractivity (Wildman–Crippen MR) is 137 cm³/mol. The van der Waals surface area contributed by atoms with Gasteiger partial charge >= 0.3 is 11.9 Å². The molecule has 0 saturated carbocycles. The highest BCUT2D eigenvalue weighted by molar-refractivity contribution is 6.00. The lowest BCUT2D eigenvalue weighted by atomic mass is 9.82. The molecular weight excluding hydrogens is 462 g/mol. The van der Waals surface area contributed by atoms with Crippen LogP contribution in [0.3, 0.4) is 0 Å². The third-order valence-corrected chi connectivity index (χ3v) is 5.86. The van der Waals surface area contributed by atoms with Crippen LogP contribution in [0.25, 0.3) is 0 Å². The van der Waals surface area contributed by atoms with Gasteiger partial charge in [0.15, 0.2) is 11.5 Å². The Balaban J connectivity index is 2.30. The minimum Gasteiger partial charge on any atom is -0.493 e. The maximum atomic E-state index is 13.3. The van der Waals surface area contributed by atoms with Crippen LogP contribution in [0.4, 0.5) is 5.69 Å². The Kier molecular flexibility index (Phi) is 8.64. The van der Waals surface area contributed by atoms with Crippen molar-refractivity contribution in [1.29, 1.82) is 0 Å². The fraction of sp³-hybridized carbons (Fsp3) is 0.357. The van der Waals surface area contributed by atoms with Crippen LogP contribution in [0.15, 0.2) is 53.9 Å². The van der Waals surface area contributed by atoms with Gasteiger partial charge < -0.3 is 28.6 Å². The lowest BCUT2D eigenvalue weighted by Crippen LogP contribution is -2.29. The second-order valence-corrected chi connectivity index (χ2v) is 8.20. The van der Waals surface area contributed by atoms with Gasteiger partial charge in [-0.05, 0) is 62.6 Å². The number of rotatable bonds is 9. The van der Waals surface area contributed by atoms with Gasteiger partial charge in [0, 0.05) is 18.1 Å². The number of esters is 2. The molecule has 2 aromatic rings. The Labute approximate surface area is 212 Å². The fourth-order valence-corrected chi connectivity index (χ4v) is 4.19. The lowest BCUT2D eigenvalue weighted by Gasteiger charge is -2.31. The summed E-state index contributed by atoms with van der Waals surface area (Å²) in [6.07, 6.45) is 3.41. The highest BCUT2D eigenvalue weighted by atomic mass is 16.5. The maximum Gasteiger partial charge on any atom is 0.336 e. The van der Waals surface area contributed by atoms with Crippen molar-refractivity contribution in [2.45, 2.75) is 33.6 Å². The first-order valence-electron chi connectivity index (χ1n) is 11.7. The van der Waals surface area contributed by atoms with E-state index < -0.39 is 17.9 Å². The third kappa shape index (κ3) is 5.32. The Hall–Kier alpha value is -3.94. The van der Waals surface area contributed by atoms with Gasteiger partial charge in [-0.25, -0.2) is 9.59 Å². The molecule has 0 spiro atoms. The summed E-state index contributed by atoms with van der Waals surface area (Å²) in [5, 5.41) is 0. The Morgan fingerprint density at radius 3 is 1.78 bits per heavy atom. The summed E-state index contributed by atoms with van der Waals surface area (Å²) in [6.45, 7) is 7.79. The normalized spacial score (nSPS) is 13.5. The quantitative estimate of drug-likeness (QED) is 0.458. The molecule has 1 aliphatic rings. The summed E-state index contributed by atoms with van der Waals surface area (Å²) in [5.41, 5.74) is 3.99. The SMILES string of the molecule is CCOC(=O)C1=CN(c2cc(C)ccc2C)C=C(C(=O)OCC)C1c1cc(OC)c(OC)c(OC)c1. The number of hydrogen-bond donors (Lipinski definition) is 0. The summed E-state index contributed by atoms with van der Waals surface area (Å²) in [7, 11) is 4.53. The van der Waals surface area contributed by atoms with Crippen molar-refractivity contribution < 1.29 is 33.3 Å². The van der Waals surface area contributed by atoms with Crippen molar-refractivity contribution in [3.63, 3.8) is 0 Å². The molecule has 0 aliphatic carbocycles. The molecule has 36 heavy (non-hydrogen) atoms. The van der Waals surface area contributed by atoms with E-state index in [0.717, 1.165) is 16.8 Å². The number of ether oxygens (including phenoxy) is 5. The fourth-order valence-electron chi connectivity index (χ4n) is 4.19. The Morgan fingerprint density at radius 2 is 1.33 bits per heavy atom. The first kappa shape index (κ1) is 26.7. The Morgan fingerprint density at radius 1 is 0.806 bits per heavy atom. The summed E-state index contributed by atoms with van der Waals surface area (Å²) in [6, 6.07) is 9.44. The number of nitrogens with zero attached hydrogens (tertiary/aromatic N) is 1. The second-order valence-electron chi connectivity index (χ2n) is 8.20. The van der Waals surface area contributed by atoms with Crippen molar-refractivity contribution in [2.75, 3.05) is 39.4 Å². The molecule has 0 amide bonds. The Bertz CT molecular complexity index is 1140. The maximum absolute atomic E-state index is 13.3. The van der Waals surface area contributed by atoms with Gasteiger partial charge in [-0.3, -0.25) is 0 Å². The molecule has 0 saturated heterocycles. The molecule has 1 heterocycles. The van der Waals surface area contributed by atoms with E-state index in [2.05, 4.69) is 0 Å². The molecular formula is C28H33NO7. The number of hydrogen-bond acceptors (Lipinski definition) is 8. The molecule has 0 atom stereocenters. The monoisotopic (exact) mass is 495 g/mol. The highest BCUT2D eigenvalue weighted by Gasteiger charge is 2.37. The standard InChI is InChI=1S/C28H33NO7/c1-8-35-27(30)20-15-29(22-12-17(3)10-11-18(22)4)16-21(28(31)36-9-2)25(20)19-13-23(32-5)26(34-7)24(14-19)33-6/h10-16,25H,8-9H2,1-7H3. The van der Waals surface area contributed by atoms with E-state index in [1.165, 1.54) is 21.3 Å². The van der Waals surface area contributed by atoms with Gasteiger partial charge in [0.2, 0.25) is 5.75 Å². The van der Waals surface area contributed by atoms with Crippen LogP contribution in [0.1, 0.15) is 36.5 Å². The van der Waals surface area contributed by atoms with E-state index in [9.17, 15) is 9.59 Å². The number of anilines is 1. The van der Waals surface area contributed by atoms with Gasteiger partial charge in [0.1, 0.15) is 0 Å². The van der Waals surface area contributed by atoms with Crippen molar-refractivity contribution in [1.82, 2.24) is 0 Å². The zero-order valence-corrected chi connectivity index (χ0v) is 21.8. The van der Waals surface area contributed by atoms with E-state index in [1.54, 1.807) is 43.3 Å².